The first-order chi connectivity index (χ1) is 9.15. The van der Waals surface area contributed by atoms with Crippen molar-refractivity contribution in [2.75, 3.05) is 39.3 Å². The van der Waals surface area contributed by atoms with Gasteiger partial charge in [0.05, 0.1) is 23.0 Å². The van der Waals surface area contributed by atoms with E-state index < -0.39 is 0 Å². The predicted molar refractivity (Wildman–Crippen MR) is 76.5 cm³/mol. The van der Waals surface area contributed by atoms with Crippen LogP contribution in [0.5, 0.6) is 0 Å². The molecule has 19 heavy (non-hydrogen) atoms. The third-order valence-corrected chi connectivity index (χ3v) is 4.20. The highest BCUT2D eigenvalue weighted by Gasteiger charge is 2.20. The van der Waals surface area contributed by atoms with E-state index in [2.05, 4.69) is 21.8 Å². The quantitative estimate of drug-likeness (QED) is 0.876. The van der Waals surface area contributed by atoms with Gasteiger partial charge in [0.1, 0.15) is 0 Å². The number of nitrogens with zero attached hydrogens (tertiary/aromatic N) is 4. The molecular weight excluding hydrogens is 264 g/mol. The highest BCUT2D eigenvalue weighted by molar-refractivity contribution is 6.31. The van der Waals surface area contributed by atoms with Gasteiger partial charge in [-0.25, -0.2) is 0 Å². The van der Waals surface area contributed by atoms with Crippen LogP contribution in [-0.4, -0.2) is 64.0 Å². The molecule has 2 rings (SSSR count). The van der Waals surface area contributed by atoms with Crippen LogP contribution in [0.3, 0.4) is 0 Å². The monoisotopic (exact) mass is 286 g/mol. The van der Waals surface area contributed by atoms with E-state index in [-0.39, 0.29) is 6.61 Å². The maximum absolute atomic E-state index is 8.94. The highest BCUT2D eigenvalue weighted by Crippen LogP contribution is 2.22. The Morgan fingerprint density at radius 3 is 2.42 bits per heavy atom. The number of hydrogen-bond acceptors (Lipinski definition) is 4. The molecule has 0 radical (unpaired) electrons. The lowest BCUT2D eigenvalue weighted by Crippen LogP contribution is -2.46. The summed E-state index contributed by atoms with van der Waals surface area (Å²) >= 11 is 6.34. The van der Waals surface area contributed by atoms with Gasteiger partial charge >= 0.3 is 0 Å². The Hall–Kier alpha value is -0.620. The molecule has 0 spiro atoms. The van der Waals surface area contributed by atoms with Crippen molar-refractivity contribution < 1.29 is 5.11 Å². The van der Waals surface area contributed by atoms with Gasteiger partial charge in [0.15, 0.2) is 0 Å². The van der Waals surface area contributed by atoms with E-state index in [0.29, 0.717) is 0 Å². The van der Waals surface area contributed by atoms with Crippen molar-refractivity contribution in [1.29, 1.82) is 0 Å². The summed E-state index contributed by atoms with van der Waals surface area (Å²) in [5, 5.41) is 14.2. The number of rotatable bonds is 5. The molecular formula is C13H23ClN4O. The largest absolute Gasteiger partial charge is 0.395 e. The van der Waals surface area contributed by atoms with E-state index in [9.17, 15) is 0 Å². The van der Waals surface area contributed by atoms with Crippen LogP contribution in [0, 0.1) is 6.92 Å². The van der Waals surface area contributed by atoms with Gasteiger partial charge < -0.3 is 5.11 Å². The lowest BCUT2D eigenvalue weighted by atomic mass is 10.2. The predicted octanol–water partition coefficient (Wildman–Crippen LogP) is 0.975. The molecule has 0 unspecified atom stereocenters. The molecule has 0 atom stereocenters. The van der Waals surface area contributed by atoms with E-state index in [0.717, 1.165) is 62.2 Å². The number of aryl methyl sites for hydroxylation is 2. The SMILES string of the molecule is CCn1nc(C)c(Cl)c1CN1CCN(CCO)CC1. The van der Waals surface area contributed by atoms with Crippen LogP contribution < -0.4 is 0 Å². The molecule has 0 amide bonds. The van der Waals surface area contributed by atoms with Crippen molar-refractivity contribution in [3.05, 3.63) is 16.4 Å². The van der Waals surface area contributed by atoms with Crippen molar-refractivity contribution in [1.82, 2.24) is 19.6 Å². The zero-order chi connectivity index (χ0) is 13.8. The van der Waals surface area contributed by atoms with Gasteiger partial charge in [0.2, 0.25) is 0 Å². The number of aliphatic hydroxyl groups excluding tert-OH is 1. The summed E-state index contributed by atoms with van der Waals surface area (Å²) < 4.78 is 2.00. The fraction of sp³-hybridized carbons (Fsp3) is 0.769. The second-order valence-electron chi connectivity index (χ2n) is 5.00. The zero-order valence-electron chi connectivity index (χ0n) is 11.8. The molecule has 0 bridgehead atoms. The second-order valence-corrected chi connectivity index (χ2v) is 5.38. The number of piperazine rings is 1. The minimum atomic E-state index is 0.244. The van der Waals surface area contributed by atoms with Crippen LogP contribution >= 0.6 is 11.6 Å². The van der Waals surface area contributed by atoms with Gasteiger partial charge in [-0.05, 0) is 13.8 Å². The van der Waals surface area contributed by atoms with Crippen molar-refractivity contribution in [2.45, 2.75) is 26.9 Å². The average molecular weight is 287 g/mol. The van der Waals surface area contributed by atoms with Crippen molar-refractivity contribution >= 4 is 11.6 Å². The molecule has 1 aromatic heterocycles. The molecule has 0 aliphatic carbocycles. The maximum atomic E-state index is 8.94. The zero-order valence-corrected chi connectivity index (χ0v) is 12.5. The van der Waals surface area contributed by atoms with Gasteiger partial charge in [0.25, 0.3) is 0 Å². The van der Waals surface area contributed by atoms with E-state index >= 15 is 0 Å². The molecule has 1 aliphatic heterocycles. The van der Waals surface area contributed by atoms with E-state index in [4.69, 9.17) is 16.7 Å². The lowest BCUT2D eigenvalue weighted by molar-refractivity contribution is 0.107. The van der Waals surface area contributed by atoms with Crippen molar-refractivity contribution in [3.63, 3.8) is 0 Å². The number of halogens is 1. The molecule has 6 heteroatoms. The summed E-state index contributed by atoms with van der Waals surface area (Å²) in [5.74, 6) is 0. The van der Waals surface area contributed by atoms with Crippen LogP contribution in [0.4, 0.5) is 0 Å². The van der Waals surface area contributed by atoms with Crippen LogP contribution in [0.1, 0.15) is 18.3 Å². The minimum Gasteiger partial charge on any atom is -0.395 e. The molecule has 1 aliphatic rings. The second kappa shape index (κ2) is 6.70. The smallest absolute Gasteiger partial charge is 0.0860 e. The summed E-state index contributed by atoms with van der Waals surface area (Å²) in [6.45, 7) is 10.8. The first-order valence-electron chi connectivity index (χ1n) is 6.93. The Kier molecular flexibility index (Phi) is 5.21. The summed E-state index contributed by atoms with van der Waals surface area (Å²) in [5.41, 5.74) is 2.04. The molecule has 0 saturated carbocycles. The lowest BCUT2D eigenvalue weighted by Gasteiger charge is -2.34. The number of aromatic nitrogens is 2. The third-order valence-electron chi connectivity index (χ3n) is 3.71. The van der Waals surface area contributed by atoms with E-state index in [1.54, 1.807) is 0 Å². The van der Waals surface area contributed by atoms with E-state index in [1.807, 2.05) is 11.6 Å². The first-order valence-corrected chi connectivity index (χ1v) is 7.30. The first kappa shape index (κ1) is 14.8. The van der Waals surface area contributed by atoms with Crippen LogP contribution in [0.15, 0.2) is 0 Å². The molecule has 108 valence electrons. The maximum Gasteiger partial charge on any atom is 0.0860 e. The Morgan fingerprint density at radius 2 is 1.84 bits per heavy atom. The van der Waals surface area contributed by atoms with Gasteiger partial charge in [0, 0.05) is 45.8 Å². The molecule has 1 saturated heterocycles. The Labute approximate surface area is 119 Å². The Bertz CT molecular complexity index is 413. The molecule has 0 aromatic carbocycles. The molecule has 1 N–H and O–H groups in total. The van der Waals surface area contributed by atoms with Gasteiger partial charge in [-0.1, -0.05) is 11.6 Å². The summed E-state index contributed by atoms with van der Waals surface area (Å²) in [6, 6.07) is 0. The van der Waals surface area contributed by atoms with E-state index in [1.165, 1.54) is 0 Å². The normalized spacial score (nSPS) is 18.1. The van der Waals surface area contributed by atoms with Crippen LogP contribution in [0.2, 0.25) is 5.02 Å². The molecule has 2 heterocycles. The molecule has 1 aromatic rings. The van der Waals surface area contributed by atoms with Crippen LogP contribution in [0.25, 0.3) is 0 Å². The topological polar surface area (TPSA) is 44.5 Å². The molecule has 1 fully saturated rings. The minimum absolute atomic E-state index is 0.244. The van der Waals surface area contributed by atoms with Crippen molar-refractivity contribution in [2.24, 2.45) is 0 Å². The third kappa shape index (κ3) is 3.48. The number of hydrogen-bond donors (Lipinski definition) is 1. The standard InChI is InChI=1S/C13H23ClN4O/c1-3-18-12(13(14)11(2)15-18)10-17-6-4-16(5-7-17)8-9-19/h19H,3-10H2,1-2H3. The fourth-order valence-electron chi connectivity index (χ4n) is 2.54. The van der Waals surface area contributed by atoms with Gasteiger partial charge in [-0.3, -0.25) is 14.5 Å². The highest BCUT2D eigenvalue weighted by atomic mass is 35.5. The van der Waals surface area contributed by atoms with Crippen molar-refractivity contribution in [3.8, 4) is 0 Å². The summed E-state index contributed by atoms with van der Waals surface area (Å²) in [6.07, 6.45) is 0. The fourth-order valence-corrected chi connectivity index (χ4v) is 2.74. The van der Waals surface area contributed by atoms with Gasteiger partial charge in [-0.15, -0.1) is 0 Å². The number of aliphatic hydroxyl groups is 1. The Balaban J connectivity index is 1.95. The molecule has 5 nitrogen and oxygen atoms in total. The summed E-state index contributed by atoms with van der Waals surface area (Å²) in [4.78, 5) is 4.70. The number of β-amino-alcohol motifs (C(OH)–C–C–N with tert-alkyl or cyclic N) is 1. The summed E-state index contributed by atoms with van der Waals surface area (Å²) in [7, 11) is 0. The van der Waals surface area contributed by atoms with Crippen LogP contribution in [-0.2, 0) is 13.1 Å². The Morgan fingerprint density at radius 1 is 1.21 bits per heavy atom. The average Bonchev–Trinajstić information content (AvgIpc) is 2.69. The van der Waals surface area contributed by atoms with Gasteiger partial charge in [-0.2, -0.15) is 5.10 Å².